The van der Waals surface area contributed by atoms with Gasteiger partial charge in [0.25, 0.3) is 0 Å². The molecule has 2 nitrogen and oxygen atoms in total. The van der Waals surface area contributed by atoms with Gasteiger partial charge < -0.3 is 5.73 Å². The van der Waals surface area contributed by atoms with Crippen LogP contribution in [0.5, 0.6) is 0 Å². The number of nitrogens with zero attached hydrogens (tertiary/aromatic N) is 1. The van der Waals surface area contributed by atoms with Crippen molar-refractivity contribution >= 4 is 17.0 Å². The van der Waals surface area contributed by atoms with Gasteiger partial charge in [-0.25, -0.2) is 4.98 Å². The highest BCUT2D eigenvalue weighted by Gasteiger charge is 2.26. The van der Waals surface area contributed by atoms with Crippen LogP contribution in [0.1, 0.15) is 43.5 Å². The minimum atomic E-state index is 0.685. The summed E-state index contributed by atoms with van der Waals surface area (Å²) < 4.78 is 0. The Labute approximate surface area is 118 Å². The Balaban J connectivity index is 1.80. The first kappa shape index (κ1) is 12.7. The van der Waals surface area contributed by atoms with Gasteiger partial charge in [-0.15, -0.1) is 11.3 Å². The van der Waals surface area contributed by atoms with E-state index >= 15 is 0 Å². The first-order valence-electron chi connectivity index (χ1n) is 7.07. The van der Waals surface area contributed by atoms with Crippen LogP contribution in [0.3, 0.4) is 0 Å². The van der Waals surface area contributed by atoms with E-state index in [1.807, 2.05) is 29.5 Å². The molecule has 2 aromatic rings. The molecule has 1 aromatic heterocycles. The zero-order chi connectivity index (χ0) is 13.2. The van der Waals surface area contributed by atoms with Gasteiger partial charge in [-0.1, -0.05) is 25.5 Å². The van der Waals surface area contributed by atoms with E-state index in [4.69, 9.17) is 10.7 Å². The van der Waals surface area contributed by atoms with Gasteiger partial charge in [0, 0.05) is 22.5 Å². The molecule has 0 radical (unpaired) electrons. The van der Waals surface area contributed by atoms with E-state index in [1.54, 1.807) is 0 Å². The topological polar surface area (TPSA) is 38.9 Å². The Morgan fingerprint density at radius 3 is 3.00 bits per heavy atom. The molecule has 3 rings (SSSR count). The van der Waals surface area contributed by atoms with Crippen molar-refractivity contribution in [1.29, 1.82) is 0 Å². The molecular weight excluding hydrogens is 252 g/mol. The molecule has 0 amide bonds. The van der Waals surface area contributed by atoms with Gasteiger partial charge in [-0.2, -0.15) is 0 Å². The third-order valence-electron chi connectivity index (χ3n) is 4.17. The Morgan fingerprint density at radius 2 is 2.26 bits per heavy atom. The third kappa shape index (κ3) is 2.66. The summed E-state index contributed by atoms with van der Waals surface area (Å²) in [6.45, 7) is 2.30. The fraction of sp³-hybridized carbons (Fsp3) is 0.438. The lowest BCUT2D eigenvalue weighted by Crippen LogP contribution is -1.94. The summed E-state index contributed by atoms with van der Waals surface area (Å²) in [4.78, 5) is 4.84. The fourth-order valence-corrected chi connectivity index (χ4v) is 3.95. The lowest BCUT2D eigenvalue weighted by Gasteiger charge is -2.06. The molecule has 1 aliphatic carbocycles. The van der Waals surface area contributed by atoms with Crippen molar-refractivity contribution in [2.45, 2.75) is 38.5 Å². The lowest BCUT2D eigenvalue weighted by molar-refractivity contribution is 0.521. The summed E-state index contributed by atoms with van der Waals surface area (Å²) in [7, 11) is 0. The second kappa shape index (κ2) is 5.33. The predicted molar refractivity (Wildman–Crippen MR) is 82.3 cm³/mol. The molecule has 2 unspecified atom stereocenters. The number of aromatic nitrogens is 1. The van der Waals surface area contributed by atoms with Crippen LogP contribution in [0.15, 0.2) is 29.6 Å². The summed E-state index contributed by atoms with van der Waals surface area (Å²) in [5, 5.41) is 3.48. The highest BCUT2D eigenvalue weighted by atomic mass is 32.1. The van der Waals surface area contributed by atoms with Crippen molar-refractivity contribution in [3.8, 4) is 11.3 Å². The molecule has 1 aromatic carbocycles. The maximum absolute atomic E-state index is 5.84. The maximum Gasteiger partial charge on any atom is 0.0963 e. The van der Waals surface area contributed by atoms with E-state index in [1.165, 1.54) is 30.7 Å². The molecule has 2 atom stereocenters. The first-order valence-corrected chi connectivity index (χ1v) is 7.95. The molecule has 2 N–H and O–H groups in total. The molecule has 0 saturated heterocycles. The quantitative estimate of drug-likeness (QED) is 0.823. The van der Waals surface area contributed by atoms with Gasteiger partial charge >= 0.3 is 0 Å². The van der Waals surface area contributed by atoms with Crippen molar-refractivity contribution in [3.05, 3.63) is 34.7 Å². The number of benzene rings is 1. The zero-order valence-corrected chi connectivity index (χ0v) is 12.1. The molecule has 1 aliphatic rings. The number of hydrogen-bond donors (Lipinski definition) is 1. The molecule has 1 fully saturated rings. The van der Waals surface area contributed by atoms with Gasteiger partial charge in [0.05, 0.1) is 10.7 Å². The highest BCUT2D eigenvalue weighted by Crippen LogP contribution is 2.41. The molecule has 19 heavy (non-hydrogen) atoms. The molecule has 100 valence electrons. The molecule has 1 saturated carbocycles. The number of nitrogen functional groups attached to an aromatic ring is 1. The summed E-state index contributed by atoms with van der Waals surface area (Å²) in [6.07, 6.45) is 5.31. The Bertz CT molecular complexity index is 561. The van der Waals surface area contributed by atoms with Crippen LogP contribution in [-0.2, 0) is 0 Å². The lowest BCUT2D eigenvalue weighted by atomic mass is 10.0. The Kier molecular flexibility index (Phi) is 3.56. The average molecular weight is 272 g/mol. The number of anilines is 1. The van der Waals surface area contributed by atoms with Crippen molar-refractivity contribution in [2.24, 2.45) is 5.92 Å². The van der Waals surface area contributed by atoms with Gasteiger partial charge in [-0.05, 0) is 37.3 Å². The molecule has 0 spiro atoms. The van der Waals surface area contributed by atoms with E-state index in [2.05, 4.69) is 18.4 Å². The smallest absolute Gasteiger partial charge is 0.0963 e. The SMILES string of the molecule is CCC1CCC(c2nc(-c3cccc(N)c3)cs2)C1. The summed E-state index contributed by atoms with van der Waals surface area (Å²) in [5.74, 6) is 1.59. The minimum absolute atomic E-state index is 0.685. The Hall–Kier alpha value is -1.35. The summed E-state index contributed by atoms with van der Waals surface area (Å²) in [6, 6.07) is 7.99. The van der Waals surface area contributed by atoms with Crippen LogP contribution in [0.2, 0.25) is 0 Å². The number of nitrogens with two attached hydrogens (primary N) is 1. The van der Waals surface area contributed by atoms with Crippen molar-refractivity contribution in [1.82, 2.24) is 4.98 Å². The van der Waals surface area contributed by atoms with Crippen LogP contribution in [0.25, 0.3) is 11.3 Å². The van der Waals surface area contributed by atoms with E-state index in [-0.39, 0.29) is 0 Å². The van der Waals surface area contributed by atoms with Crippen LogP contribution in [0, 0.1) is 5.92 Å². The highest BCUT2D eigenvalue weighted by molar-refractivity contribution is 7.10. The van der Waals surface area contributed by atoms with E-state index in [9.17, 15) is 0 Å². The monoisotopic (exact) mass is 272 g/mol. The standard InChI is InChI=1S/C16H20N2S/c1-2-11-6-7-13(8-11)16-18-15(10-19-16)12-4-3-5-14(17)9-12/h3-5,9-11,13H,2,6-8,17H2,1H3. The Morgan fingerprint density at radius 1 is 1.37 bits per heavy atom. The van der Waals surface area contributed by atoms with Crippen molar-refractivity contribution in [2.75, 3.05) is 5.73 Å². The van der Waals surface area contributed by atoms with E-state index in [0.29, 0.717) is 5.92 Å². The van der Waals surface area contributed by atoms with Crippen LogP contribution >= 0.6 is 11.3 Å². The number of thiazole rings is 1. The predicted octanol–water partition coefficient (Wildman–Crippen LogP) is 4.69. The van der Waals surface area contributed by atoms with Crippen molar-refractivity contribution < 1.29 is 0 Å². The van der Waals surface area contributed by atoms with Gasteiger partial charge in [-0.3, -0.25) is 0 Å². The largest absolute Gasteiger partial charge is 0.399 e. The van der Waals surface area contributed by atoms with Gasteiger partial charge in [0.15, 0.2) is 0 Å². The average Bonchev–Trinajstić information content (AvgIpc) is 3.07. The second-order valence-electron chi connectivity index (χ2n) is 5.48. The van der Waals surface area contributed by atoms with E-state index < -0.39 is 0 Å². The molecule has 0 aliphatic heterocycles. The fourth-order valence-electron chi connectivity index (χ4n) is 2.98. The van der Waals surface area contributed by atoms with Gasteiger partial charge in [0.2, 0.25) is 0 Å². The third-order valence-corrected chi connectivity index (χ3v) is 5.18. The summed E-state index contributed by atoms with van der Waals surface area (Å²) in [5.41, 5.74) is 8.85. The normalized spacial score (nSPS) is 22.8. The zero-order valence-electron chi connectivity index (χ0n) is 11.3. The first-order chi connectivity index (χ1) is 9.26. The van der Waals surface area contributed by atoms with Crippen LogP contribution < -0.4 is 5.73 Å². The van der Waals surface area contributed by atoms with Gasteiger partial charge in [0.1, 0.15) is 0 Å². The molecule has 3 heteroatoms. The maximum atomic E-state index is 5.84. The minimum Gasteiger partial charge on any atom is -0.399 e. The molecule has 1 heterocycles. The number of rotatable bonds is 3. The van der Waals surface area contributed by atoms with E-state index in [0.717, 1.165) is 22.9 Å². The van der Waals surface area contributed by atoms with Crippen LogP contribution in [0.4, 0.5) is 5.69 Å². The molecular formula is C16H20N2S. The van der Waals surface area contributed by atoms with Crippen molar-refractivity contribution in [3.63, 3.8) is 0 Å². The number of hydrogen-bond acceptors (Lipinski definition) is 3. The molecule has 0 bridgehead atoms. The second-order valence-corrected chi connectivity index (χ2v) is 6.37. The summed E-state index contributed by atoms with van der Waals surface area (Å²) >= 11 is 1.81. The van der Waals surface area contributed by atoms with Crippen LogP contribution in [-0.4, -0.2) is 4.98 Å².